The highest BCUT2D eigenvalue weighted by Crippen LogP contribution is 2.35. The molecule has 24 heavy (non-hydrogen) atoms. The van der Waals surface area contributed by atoms with Gasteiger partial charge >= 0.3 is 0 Å². The molecule has 1 aromatic heterocycles. The highest BCUT2D eigenvalue weighted by Gasteiger charge is 2.42. The largest absolute Gasteiger partial charge is 0.339 e. The van der Waals surface area contributed by atoms with E-state index >= 15 is 0 Å². The monoisotopic (exact) mass is 327 g/mol. The molecule has 5 nitrogen and oxygen atoms in total. The van der Waals surface area contributed by atoms with Crippen LogP contribution in [0.2, 0.25) is 0 Å². The highest BCUT2D eigenvalue weighted by atomic mass is 16.2. The molecule has 4 rings (SSSR count). The summed E-state index contributed by atoms with van der Waals surface area (Å²) in [4.78, 5) is 33.8. The van der Waals surface area contributed by atoms with Crippen molar-refractivity contribution in [2.24, 2.45) is 5.92 Å². The quantitative estimate of drug-likeness (QED) is 0.857. The maximum atomic E-state index is 13.1. The number of amides is 2. The molecular weight excluding hydrogens is 302 g/mol. The molecule has 0 aromatic carbocycles. The van der Waals surface area contributed by atoms with E-state index in [1.165, 1.54) is 12.8 Å². The standard InChI is InChI=1S/C19H25N3O2/c23-18-12-14(13-22(18)15-6-1-2-7-15)19(24)21-11-5-9-17(21)16-8-3-4-10-20-16/h3-4,8,10,14-15,17H,1-2,5-7,9,11-13H2/t14-,17-/m0/s1. The Bertz CT molecular complexity index is 612. The number of hydrogen-bond acceptors (Lipinski definition) is 3. The maximum Gasteiger partial charge on any atom is 0.228 e. The number of carbonyl (C=O) groups excluding carboxylic acids is 2. The Kier molecular flexibility index (Phi) is 4.25. The SMILES string of the molecule is O=C1C[C@H](C(=O)N2CCC[C@H]2c2ccccn2)CN1C1CCCC1. The fourth-order valence-electron chi connectivity index (χ4n) is 4.61. The average Bonchev–Trinajstić information content (AvgIpc) is 3.35. The first-order valence-corrected chi connectivity index (χ1v) is 9.25. The van der Waals surface area contributed by atoms with Gasteiger partial charge in [-0.25, -0.2) is 0 Å². The highest BCUT2D eigenvalue weighted by molar-refractivity contribution is 5.89. The van der Waals surface area contributed by atoms with Crippen molar-refractivity contribution < 1.29 is 9.59 Å². The first-order chi connectivity index (χ1) is 11.7. The minimum atomic E-state index is -0.164. The number of hydrogen-bond donors (Lipinski definition) is 0. The molecule has 3 heterocycles. The number of likely N-dealkylation sites (tertiary alicyclic amines) is 2. The Labute approximate surface area is 143 Å². The molecule has 5 heteroatoms. The molecule has 0 spiro atoms. The summed E-state index contributed by atoms with van der Waals surface area (Å²) in [6.07, 6.45) is 8.79. The molecule has 0 radical (unpaired) electrons. The van der Waals surface area contributed by atoms with E-state index in [-0.39, 0.29) is 23.8 Å². The molecule has 3 fully saturated rings. The first-order valence-electron chi connectivity index (χ1n) is 9.25. The summed E-state index contributed by atoms with van der Waals surface area (Å²) >= 11 is 0. The number of rotatable bonds is 3. The van der Waals surface area contributed by atoms with Crippen molar-refractivity contribution in [3.05, 3.63) is 30.1 Å². The Morgan fingerprint density at radius 2 is 1.96 bits per heavy atom. The topological polar surface area (TPSA) is 53.5 Å². The molecule has 0 N–H and O–H groups in total. The molecule has 2 aliphatic heterocycles. The molecule has 3 aliphatic rings. The summed E-state index contributed by atoms with van der Waals surface area (Å²) in [5.74, 6) is 0.160. The molecule has 128 valence electrons. The van der Waals surface area contributed by atoms with Gasteiger partial charge in [0.05, 0.1) is 17.7 Å². The smallest absolute Gasteiger partial charge is 0.228 e. The summed E-state index contributed by atoms with van der Waals surface area (Å²) in [5, 5.41) is 0. The van der Waals surface area contributed by atoms with Gasteiger partial charge in [0, 0.05) is 31.7 Å². The normalized spacial score (nSPS) is 28.1. The summed E-state index contributed by atoms with van der Waals surface area (Å²) < 4.78 is 0. The van der Waals surface area contributed by atoms with Gasteiger partial charge in [0.15, 0.2) is 0 Å². The van der Waals surface area contributed by atoms with Crippen LogP contribution >= 0.6 is 0 Å². The van der Waals surface area contributed by atoms with Crippen molar-refractivity contribution in [2.45, 2.75) is 57.0 Å². The van der Waals surface area contributed by atoms with E-state index in [9.17, 15) is 9.59 Å². The van der Waals surface area contributed by atoms with Gasteiger partial charge < -0.3 is 9.80 Å². The first kappa shape index (κ1) is 15.6. The second kappa shape index (κ2) is 6.54. The Morgan fingerprint density at radius 1 is 1.12 bits per heavy atom. The van der Waals surface area contributed by atoms with Crippen LogP contribution < -0.4 is 0 Å². The minimum Gasteiger partial charge on any atom is -0.339 e. The number of aromatic nitrogens is 1. The third kappa shape index (κ3) is 2.80. The second-order valence-corrected chi connectivity index (χ2v) is 7.33. The van der Waals surface area contributed by atoms with Gasteiger partial charge in [0.2, 0.25) is 11.8 Å². The van der Waals surface area contributed by atoms with Crippen LogP contribution in [0.3, 0.4) is 0 Å². The van der Waals surface area contributed by atoms with E-state index in [1.807, 2.05) is 28.0 Å². The van der Waals surface area contributed by atoms with Gasteiger partial charge in [-0.1, -0.05) is 18.9 Å². The van der Waals surface area contributed by atoms with Crippen LogP contribution in [0.25, 0.3) is 0 Å². The van der Waals surface area contributed by atoms with Crippen LogP contribution in [0.5, 0.6) is 0 Å². The molecule has 0 bridgehead atoms. The number of pyridine rings is 1. The van der Waals surface area contributed by atoms with Gasteiger partial charge in [-0.3, -0.25) is 14.6 Å². The minimum absolute atomic E-state index is 0.0781. The summed E-state index contributed by atoms with van der Waals surface area (Å²) in [7, 11) is 0. The summed E-state index contributed by atoms with van der Waals surface area (Å²) in [6.45, 7) is 1.40. The molecule has 1 aromatic rings. The van der Waals surface area contributed by atoms with Crippen molar-refractivity contribution in [1.29, 1.82) is 0 Å². The Hall–Kier alpha value is -1.91. The average molecular weight is 327 g/mol. The van der Waals surface area contributed by atoms with E-state index in [2.05, 4.69) is 4.98 Å². The van der Waals surface area contributed by atoms with Crippen molar-refractivity contribution >= 4 is 11.8 Å². The zero-order valence-corrected chi connectivity index (χ0v) is 14.1. The van der Waals surface area contributed by atoms with Crippen molar-refractivity contribution in [1.82, 2.24) is 14.8 Å². The second-order valence-electron chi connectivity index (χ2n) is 7.33. The van der Waals surface area contributed by atoms with Crippen LogP contribution in [-0.4, -0.2) is 45.7 Å². The van der Waals surface area contributed by atoms with E-state index in [0.29, 0.717) is 19.0 Å². The molecule has 2 amide bonds. The van der Waals surface area contributed by atoms with Crippen molar-refractivity contribution in [2.75, 3.05) is 13.1 Å². The predicted octanol–water partition coefficient (Wildman–Crippen LogP) is 2.54. The Morgan fingerprint density at radius 3 is 2.71 bits per heavy atom. The van der Waals surface area contributed by atoms with Crippen LogP contribution in [0.4, 0.5) is 0 Å². The lowest BCUT2D eigenvalue weighted by Crippen LogP contribution is -2.39. The number of nitrogens with zero attached hydrogens (tertiary/aromatic N) is 3. The molecule has 2 atom stereocenters. The lowest BCUT2D eigenvalue weighted by Gasteiger charge is -2.28. The van der Waals surface area contributed by atoms with Crippen LogP contribution in [-0.2, 0) is 9.59 Å². The van der Waals surface area contributed by atoms with E-state index < -0.39 is 0 Å². The van der Waals surface area contributed by atoms with Crippen LogP contribution in [0.1, 0.15) is 56.7 Å². The molecule has 0 unspecified atom stereocenters. The van der Waals surface area contributed by atoms with Crippen molar-refractivity contribution in [3.8, 4) is 0 Å². The number of carbonyl (C=O) groups is 2. The lowest BCUT2D eigenvalue weighted by molar-refractivity contribution is -0.136. The molecule has 1 saturated carbocycles. The van der Waals surface area contributed by atoms with Crippen molar-refractivity contribution in [3.63, 3.8) is 0 Å². The van der Waals surface area contributed by atoms with Gasteiger partial charge in [-0.05, 0) is 37.8 Å². The molecular formula is C19H25N3O2. The van der Waals surface area contributed by atoms with Gasteiger partial charge in [-0.15, -0.1) is 0 Å². The molecule has 1 aliphatic carbocycles. The third-order valence-electron chi connectivity index (χ3n) is 5.84. The third-order valence-corrected chi connectivity index (χ3v) is 5.84. The van der Waals surface area contributed by atoms with E-state index in [1.54, 1.807) is 6.20 Å². The van der Waals surface area contributed by atoms with E-state index in [0.717, 1.165) is 37.9 Å². The maximum absolute atomic E-state index is 13.1. The van der Waals surface area contributed by atoms with Crippen LogP contribution in [0.15, 0.2) is 24.4 Å². The zero-order chi connectivity index (χ0) is 16.5. The zero-order valence-electron chi connectivity index (χ0n) is 14.1. The van der Waals surface area contributed by atoms with Gasteiger partial charge in [-0.2, -0.15) is 0 Å². The Balaban J connectivity index is 1.46. The van der Waals surface area contributed by atoms with Gasteiger partial charge in [0.1, 0.15) is 0 Å². The van der Waals surface area contributed by atoms with E-state index in [4.69, 9.17) is 0 Å². The lowest BCUT2D eigenvalue weighted by atomic mass is 10.1. The van der Waals surface area contributed by atoms with Crippen LogP contribution in [0, 0.1) is 5.92 Å². The summed E-state index contributed by atoms with van der Waals surface area (Å²) in [6, 6.07) is 6.33. The summed E-state index contributed by atoms with van der Waals surface area (Å²) in [5.41, 5.74) is 0.973. The fourth-order valence-corrected chi connectivity index (χ4v) is 4.61. The van der Waals surface area contributed by atoms with Gasteiger partial charge in [0.25, 0.3) is 0 Å². The predicted molar refractivity (Wildman–Crippen MR) is 90.0 cm³/mol. The molecule has 2 saturated heterocycles. The fraction of sp³-hybridized carbons (Fsp3) is 0.632.